The van der Waals surface area contributed by atoms with Crippen molar-refractivity contribution < 1.29 is 19.6 Å². The van der Waals surface area contributed by atoms with E-state index < -0.39 is 28.3 Å². The summed E-state index contributed by atoms with van der Waals surface area (Å²) in [6, 6.07) is 0.746. The number of carboxylic acid groups (broad SMARTS) is 1. The van der Waals surface area contributed by atoms with Crippen molar-refractivity contribution in [3.05, 3.63) is 27.1 Å². The monoisotopic (exact) mass is 312 g/mol. The van der Waals surface area contributed by atoms with Crippen molar-refractivity contribution in [3.8, 4) is 0 Å². The van der Waals surface area contributed by atoms with E-state index in [0.29, 0.717) is 12.8 Å². The van der Waals surface area contributed by atoms with Crippen molar-refractivity contribution in [2.75, 3.05) is 0 Å². The van der Waals surface area contributed by atoms with Crippen LogP contribution in [0, 0.1) is 15.5 Å². The van der Waals surface area contributed by atoms with Crippen molar-refractivity contribution >= 4 is 28.2 Å². The van der Waals surface area contributed by atoms with E-state index in [-0.39, 0.29) is 10.6 Å². The Kier molecular flexibility index (Phi) is 4.26. The van der Waals surface area contributed by atoms with E-state index in [1.165, 1.54) is 11.4 Å². The molecule has 2 rings (SSSR count). The number of carboxylic acids is 1. The molecule has 1 amide bonds. The van der Waals surface area contributed by atoms with Crippen molar-refractivity contribution in [3.63, 3.8) is 0 Å². The van der Waals surface area contributed by atoms with E-state index in [1.54, 1.807) is 6.92 Å². The Morgan fingerprint density at radius 3 is 2.81 bits per heavy atom. The van der Waals surface area contributed by atoms with Crippen LogP contribution in [0.1, 0.15) is 43.0 Å². The lowest BCUT2D eigenvalue weighted by molar-refractivity contribution is -0.380. The first kappa shape index (κ1) is 15.4. The van der Waals surface area contributed by atoms with Gasteiger partial charge in [-0.15, -0.1) is 0 Å². The molecule has 0 aliphatic heterocycles. The van der Waals surface area contributed by atoms with Crippen LogP contribution < -0.4 is 5.32 Å². The van der Waals surface area contributed by atoms with Crippen molar-refractivity contribution in [2.45, 2.75) is 38.6 Å². The van der Waals surface area contributed by atoms with E-state index in [2.05, 4.69) is 5.32 Å². The minimum atomic E-state index is -0.990. The average Bonchev–Trinajstić information content (AvgIpc) is 2.91. The fourth-order valence-electron chi connectivity index (χ4n) is 2.60. The highest BCUT2D eigenvalue weighted by atomic mass is 32.1. The summed E-state index contributed by atoms with van der Waals surface area (Å²) in [7, 11) is 0. The molecule has 1 aliphatic carbocycles. The van der Waals surface area contributed by atoms with E-state index in [9.17, 15) is 24.8 Å². The van der Waals surface area contributed by atoms with Crippen LogP contribution in [0.15, 0.2) is 11.4 Å². The van der Waals surface area contributed by atoms with E-state index in [1.807, 2.05) is 0 Å². The van der Waals surface area contributed by atoms with Crippen molar-refractivity contribution in [1.29, 1.82) is 0 Å². The van der Waals surface area contributed by atoms with Gasteiger partial charge in [-0.3, -0.25) is 19.7 Å². The molecule has 1 aliphatic rings. The standard InChI is InChI=1S/C13H16N2O5S/c1-13(12(17)18)5-3-2-4-9(13)14-11(16)8-6-10(15(19)20)21-7-8/h6-7,9H,2-5H2,1H3,(H,14,16)(H,17,18). The van der Waals surface area contributed by atoms with E-state index in [4.69, 9.17) is 0 Å². The summed E-state index contributed by atoms with van der Waals surface area (Å²) < 4.78 is 0. The Morgan fingerprint density at radius 1 is 1.52 bits per heavy atom. The zero-order chi connectivity index (χ0) is 15.6. The number of nitrogens with one attached hydrogen (secondary N) is 1. The third-order valence-corrected chi connectivity index (χ3v) is 4.91. The van der Waals surface area contributed by atoms with Crippen LogP contribution in [0.25, 0.3) is 0 Å². The van der Waals surface area contributed by atoms with Gasteiger partial charge in [-0.25, -0.2) is 0 Å². The van der Waals surface area contributed by atoms with Crippen LogP contribution in [-0.4, -0.2) is 27.9 Å². The maximum absolute atomic E-state index is 12.1. The number of amides is 1. The van der Waals surface area contributed by atoms with Gasteiger partial charge in [0.05, 0.1) is 15.9 Å². The van der Waals surface area contributed by atoms with Crippen LogP contribution in [0.4, 0.5) is 5.00 Å². The van der Waals surface area contributed by atoms with Gasteiger partial charge in [-0.1, -0.05) is 24.2 Å². The zero-order valence-electron chi connectivity index (χ0n) is 11.5. The maximum atomic E-state index is 12.1. The minimum Gasteiger partial charge on any atom is -0.481 e. The molecule has 2 N–H and O–H groups in total. The molecule has 2 unspecified atom stereocenters. The average molecular weight is 312 g/mol. The summed E-state index contributed by atoms with van der Waals surface area (Å²) in [5.41, 5.74) is -0.791. The van der Waals surface area contributed by atoms with Crippen molar-refractivity contribution in [1.82, 2.24) is 5.32 Å². The Balaban J connectivity index is 2.13. The molecule has 0 aromatic carbocycles. The molecule has 1 saturated carbocycles. The van der Waals surface area contributed by atoms with Gasteiger partial charge in [-0.2, -0.15) is 0 Å². The molecule has 114 valence electrons. The molecule has 0 saturated heterocycles. The number of hydrogen-bond donors (Lipinski definition) is 2. The van der Waals surface area contributed by atoms with Gasteiger partial charge >= 0.3 is 11.0 Å². The Labute approximate surface area is 125 Å². The highest BCUT2D eigenvalue weighted by Crippen LogP contribution is 2.36. The molecule has 0 bridgehead atoms. The number of nitrogens with zero attached hydrogens (tertiary/aromatic N) is 1. The predicted molar refractivity (Wildman–Crippen MR) is 76.4 cm³/mol. The minimum absolute atomic E-state index is 0.107. The topological polar surface area (TPSA) is 110 Å². The number of nitro groups is 1. The van der Waals surface area contributed by atoms with Gasteiger partial charge < -0.3 is 10.4 Å². The van der Waals surface area contributed by atoms with Crippen LogP contribution in [-0.2, 0) is 4.79 Å². The SMILES string of the molecule is CC1(C(=O)O)CCCCC1NC(=O)c1csc([N+](=O)[O-])c1. The predicted octanol–water partition coefficient (Wildman–Crippen LogP) is 2.42. The Bertz CT molecular complexity index is 585. The molecular weight excluding hydrogens is 296 g/mol. The smallest absolute Gasteiger partial charge is 0.324 e. The Morgan fingerprint density at radius 2 is 2.24 bits per heavy atom. The van der Waals surface area contributed by atoms with Crippen LogP contribution in [0.5, 0.6) is 0 Å². The summed E-state index contributed by atoms with van der Waals surface area (Å²) in [5.74, 6) is -1.39. The Hall–Kier alpha value is -1.96. The molecular formula is C13H16N2O5S. The van der Waals surface area contributed by atoms with Crippen LogP contribution >= 0.6 is 11.3 Å². The quantitative estimate of drug-likeness (QED) is 0.655. The maximum Gasteiger partial charge on any atom is 0.324 e. The summed E-state index contributed by atoms with van der Waals surface area (Å²) in [6.07, 6.45) is 2.79. The van der Waals surface area contributed by atoms with Crippen LogP contribution in [0.2, 0.25) is 0 Å². The molecule has 2 atom stereocenters. The van der Waals surface area contributed by atoms with Gasteiger partial charge in [0.1, 0.15) is 0 Å². The first-order chi connectivity index (χ1) is 9.84. The molecule has 7 nitrogen and oxygen atoms in total. The first-order valence-electron chi connectivity index (χ1n) is 6.62. The van der Waals surface area contributed by atoms with E-state index in [0.717, 1.165) is 24.2 Å². The normalized spacial score (nSPS) is 25.3. The third kappa shape index (κ3) is 3.05. The second-order valence-corrected chi connectivity index (χ2v) is 6.31. The third-order valence-electron chi connectivity index (χ3n) is 4.03. The molecule has 21 heavy (non-hydrogen) atoms. The molecule has 1 aromatic heterocycles. The fourth-order valence-corrected chi connectivity index (χ4v) is 3.31. The lowest BCUT2D eigenvalue weighted by Gasteiger charge is -2.38. The lowest BCUT2D eigenvalue weighted by Crippen LogP contribution is -2.52. The summed E-state index contributed by atoms with van der Waals surface area (Å²) in [4.78, 5) is 33.7. The fraction of sp³-hybridized carbons (Fsp3) is 0.538. The van der Waals surface area contributed by atoms with Crippen LogP contribution in [0.3, 0.4) is 0 Å². The first-order valence-corrected chi connectivity index (χ1v) is 7.50. The number of thiophene rings is 1. The molecule has 1 aromatic rings. The van der Waals surface area contributed by atoms with Gasteiger partial charge in [0.15, 0.2) is 0 Å². The highest BCUT2D eigenvalue weighted by molar-refractivity contribution is 7.13. The van der Waals surface area contributed by atoms with Gasteiger partial charge in [0.25, 0.3) is 5.91 Å². The number of hydrogen-bond acceptors (Lipinski definition) is 5. The van der Waals surface area contributed by atoms with Gasteiger partial charge in [0, 0.05) is 17.5 Å². The summed E-state index contributed by atoms with van der Waals surface area (Å²) in [5, 5.41) is 24.0. The number of aliphatic carboxylic acids is 1. The van der Waals surface area contributed by atoms with Crippen molar-refractivity contribution in [2.24, 2.45) is 5.41 Å². The second kappa shape index (κ2) is 5.80. The largest absolute Gasteiger partial charge is 0.481 e. The molecule has 8 heteroatoms. The summed E-state index contributed by atoms with van der Waals surface area (Å²) >= 11 is 0.878. The van der Waals surface area contributed by atoms with E-state index >= 15 is 0 Å². The second-order valence-electron chi connectivity index (χ2n) is 5.43. The molecule has 1 fully saturated rings. The molecule has 0 spiro atoms. The zero-order valence-corrected chi connectivity index (χ0v) is 12.3. The van der Waals surface area contributed by atoms with Gasteiger partial charge in [0.2, 0.25) is 0 Å². The number of carbonyl (C=O) groups excluding carboxylic acids is 1. The highest BCUT2D eigenvalue weighted by Gasteiger charge is 2.44. The molecule has 0 radical (unpaired) electrons. The summed E-state index contributed by atoms with van der Waals surface area (Å²) in [6.45, 7) is 1.63. The number of carbonyl (C=O) groups is 2. The molecule has 1 heterocycles. The van der Waals surface area contributed by atoms with Gasteiger partial charge in [-0.05, 0) is 19.8 Å². The number of rotatable bonds is 4. The lowest BCUT2D eigenvalue weighted by atomic mass is 9.71.